The Morgan fingerprint density at radius 3 is 2.90 bits per heavy atom. The fourth-order valence-electron chi connectivity index (χ4n) is 2.39. The number of nitrogens with one attached hydrogen (secondary N) is 1. The van der Waals surface area contributed by atoms with Crippen LogP contribution in [0.2, 0.25) is 0 Å². The second-order valence-electron chi connectivity index (χ2n) is 5.04. The van der Waals surface area contributed by atoms with Gasteiger partial charge in [-0.2, -0.15) is 0 Å². The largest absolute Gasteiger partial charge is 0.469 e. The molecule has 2 aliphatic heterocycles. The highest BCUT2D eigenvalue weighted by molar-refractivity contribution is 8.14. The van der Waals surface area contributed by atoms with Gasteiger partial charge in [0.05, 0.1) is 19.6 Å². The summed E-state index contributed by atoms with van der Waals surface area (Å²) in [6.07, 6.45) is 2.05. The van der Waals surface area contributed by atoms with Crippen LogP contribution in [0.3, 0.4) is 0 Å². The predicted octanol–water partition coefficient (Wildman–Crippen LogP) is 0.382. The van der Waals surface area contributed by atoms with Crippen molar-refractivity contribution in [3.63, 3.8) is 0 Å². The minimum atomic E-state index is -0.512. The number of esters is 1. The molecule has 7 nitrogen and oxygen atoms in total. The van der Waals surface area contributed by atoms with Crippen LogP contribution in [-0.4, -0.2) is 66.7 Å². The van der Waals surface area contributed by atoms with Crippen LogP contribution in [0.5, 0.6) is 0 Å². The van der Waals surface area contributed by atoms with Crippen molar-refractivity contribution in [3.8, 4) is 0 Å². The number of hydrogen-bond acceptors (Lipinski definition) is 6. The van der Waals surface area contributed by atoms with E-state index in [2.05, 4.69) is 10.1 Å². The number of nitrogens with zero attached hydrogens (tertiary/aromatic N) is 1. The Bertz CT molecular complexity index is 411. The summed E-state index contributed by atoms with van der Waals surface area (Å²) in [5.74, 6) is -0.0875. The zero-order chi connectivity index (χ0) is 15.2. The van der Waals surface area contributed by atoms with Crippen molar-refractivity contribution >= 4 is 28.9 Å². The summed E-state index contributed by atoms with van der Waals surface area (Å²) in [4.78, 5) is 36.6. The molecular weight excluding hydrogens is 296 g/mol. The second-order valence-corrected chi connectivity index (χ2v) is 6.03. The number of amides is 2. The predicted molar refractivity (Wildman–Crippen MR) is 77.0 cm³/mol. The number of hydrogen-bond donors (Lipinski definition) is 1. The van der Waals surface area contributed by atoms with E-state index in [0.717, 1.165) is 24.6 Å². The highest BCUT2D eigenvalue weighted by Gasteiger charge is 2.33. The van der Waals surface area contributed by atoms with Gasteiger partial charge in [0.1, 0.15) is 6.04 Å². The Morgan fingerprint density at radius 2 is 2.33 bits per heavy atom. The lowest BCUT2D eigenvalue weighted by atomic mass is 10.2. The molecule has 2 saturated heterocycles. The lowest BCUT2D eigenvalue weighted by molar-refractivity contribution is -0.142. The van der Waals surface area contributed by atoms with E-state index in [1.807, 2.05) is 0 Å². The molecule has 0 aromatic rings. The fraction of sp³-hybridized carbons (Fsp3) is 0.769. The monoisotopic (exact) mass is 316 g/mol. The molecule has 2 unspecified atom stereocenters. The van der Waals surface area contributed by atoms with Crippen molar-refractivity contribution in [3.05, 3.63) is 0 Å². The van der Waals surface area contributed by atoms with E-state index in [9.17, 15) is 14.4 Å². The summed E-state index contributed by atoms with van der Waals surface area (Å²) >= 11 is 1.10. The van der Waals surface area contributed by atoms with Gasteiger partial charge in [-0.1, -0.05) is 11.8 Å². The molecule has 0 spiro atoms. The third-order valence-electron chi connectivity index (χ3n) is 3.54. The molecule has 1 N–H and O–H groups in total. The summed E-state index contributed by atoms with van der Waals surface area (Å²) in [7, 11) is 1.32. The van der Waals surface area contributed by atoms with Gasteiger partial charge in [0.2, 0.25) is 5.91 Å². The average molecular weight is 316 g/mol. The lowest BCUT2D eigenvalue weighted by Gasteiger charge is -2.27. The number of ether oxygens (including phenoxy) is 2. The summed E-state index contributed by atoms with van der Waals surface area (Å²) in [5, 5.41) is 2.45. The molecule has 0 bridgehead atoms. The van der Waals surface area contributed by atoms with E-state index in [4.69, 9.17) is 4.74 Å². The summed E-state index contributed by atoms with van der Waals surface area (Å²) in [5.41, 5.74) is 0. The number of methoxy groups -OCH3 is 1. The number of carbonyl (C=O) groups excluding carboxylic acids is 3. The molecule has 0 aromatic heterocycles. The zero-order valence-corrected chi connectivity index (χ0v) is 12.8. The van der Waals surface area contributed by atoms with E-state index in [1.165, 1.54) is 7.11 Å². The second kappa shape index (κ2) is 7.65. The van der Waals surface area contributed by atoms with E-state index >= 15 is 0 Å². The van der Waals surface area contributed by atoms with Crippen LogP contribution in [0.15, 0.2) is 0 Å². The fourth-order valence-corrected chi connectivity index (χ4v) is 3.16. The summed E-state index contributed by atoms with van der Waals surface area (Å²) < 4.78 is 10.2. The molecule has 2 atom stereocenters. The van der Waals surface area contributed by atoms with Crippen LogP contribution in [-0.2, 0) is 19.1 Å². The number of rotatable bonds is 6. The molecule has 2 rings (SSSR count). The molecule has 0 aliphatic carbocycles. The number of thioether (sulfide) groups is 1. The average Bonchev–Trinajstić information content (AvgIpc) is 3.13. The summed E-state index contributed by atoms with van der Waals surface area (Å²) in [6.45, 7) is 1.44. The van der Waals surface area contributed by atoms with Crippen molar-refractivity contribution in [2.45, 2.75) is 31.4 Å². The van der Waals surface area contributed by atoms with E-state index < -0.39 is 6.04 Å². The van der Waals surface area contributed by atoms with Gasteiger partial charge < -0.3 is 19.7 Å². The Balaban J connectivity index is 1.93. The Kier molecular flexibility index (Phi) is 5.86. The molecule has 0 saturated carbocycles. The Morgan fingerprint density at radius 1 is 1.52 bits per heavy atom. The maximum Gasteiger partial charge on any atom is 0.307 e. The molecule has 118 valence electrons. The molecule has 0 aromatic carbocycles. The SMILES string of the molecule is COC(=O)CCN(CC1CCCO1)C(=O)C1CSC(=O)N1. The van der Waals surface area contributed by atoms with E-state index in [0.29, 0.717) is 18.9 Å². The van der Waals surface area contributed by atoms with Crippen LogP contribution in [0.25, 0.3) is 0 Å². The van der Waals surface area contributed by atoms with Crippen molar-refractivity contribution in [1.29, 1.82) is 0 Å². The van der Waals surface area contributed by atoms with Gasteiger partial charge in [0.15, 0.2) is 0 Å². The molecule has 21 heavy (non-hydrogen) atoms. The molecule has 0 radical (unpaired) electrons. The normalized spacial score (nSPS) is 24.7. The zero-order valence-electron chi connectivity index (χ0n) is 12.0. The van der Waals surface area contributed by atoms with Gasteiger partial charge in [0.25, 0.3) is 5.24 Å². The van der Waals surface area contributed by atoms with Crippen LogP contribution in [0, 0.1) is 0 Å². The molecule has 2 fully saturated rings. The van der Waals surface area contributed by atoms with Crippen LogP contribution in [0.1, 0.15) is 19.3 Å². The number of carbonyl (C=O) groups is 3. The first-order valence-corrected chi connectivity index (χ1v) is 7.99. The lowest BCUT2D eigenvalue weighted by Crippen LogP contribution is -2.48. The van der Waals surface area contributed by atoms with Gasteiger partial charge >= 0.3 is 5.97 Å². The standard InChI is InChI=1S/C13H20N2O5S/c1-19-11(16)4-5-15(7-9-3-2-6-20-9)12(17)10-8-21-13(18)14-10/h9-10H,2-8H2,1H3,(H,14,18). The van der Waals surface area contributed by atoms with Gasteiger partial charge in [-0.05, 0) is 12.8 Å². The third-order valence-corrected chi connectivity index (χ3v) is 4.42. The van der Waals surface area contributed by atoms with E-state index in [-0.39, 0.29) is 36.2 Å². The summed E-state index contributed by atoms with van der Waals surface area (Å²) in [6, 6.07) is -0.512. The van der Waals surface area contributed by atoms with Crippen molar-refractivity contribution in [1.82, 2.24) is 10.2 Å². The van der Waals surface area contributed by atoms with Crippen molar-refractivity contribution < 1.29 is 23.9 Å². The minimum Gasteiger partial charge on any atom is -0.469 e. The topological polar surface area (TPSA) is 84.9 Å². The molecule has 2 heterocycles. The van der Waals surface area contributed by atoms with E-state index in [1.54, 1.807) is 4.90 Å². The van der Waals surface area contributed by atoms with Crippen LogP contribution >= 0.6 is 11.8 Å². The third kappa shape index (κ3) is 4.60. The molecule has 2 amide bonds. The van der Waals surface area contributed by atoms with Gasteiger partial charge in [-0.25, -0.2) is 0 Å². The maximum atomic E-state index is 12.5. The highest BCUT2D eigenvalue weighted by atomic mass is 32.2. The maximum absolute atomic E-state index is 12.5. The van der Waals surface area contributed by atoms with Crippen molar-refractivity contribution in [2.24, 2.45) is 0 Å². The Labute approximate surface area is 127 Å². The van der Waals surface area contributed by atoms with Crippen LogP contribution < -0.4 is 5.32 Å². The smallest absolute Gasteiger partial charge is 0.307 e. The molecular formula is C13H20N2O5S. The van der Waals surface area contributed by atoms with Crippen molar-refractivity contribution in [2.75, 3.05) is 32.6 Å². The quantitative estimate of drug-likeness (QED) is 0.713. The van der Waals surface area contributed by atoms with Gasteiger partial charge in [-0.3, -0.25) is 14.4 Å². The first-order valence-electron chi connectivity index (χ1n) is 7.00. The Hall–Kier alpha value is -1.28. The van der Waals surface area contributed by atoms with Gasteiger partial charge in [-0.15, -0.1) is 0 Å². The first kappa shape index (κ1) is 16.1. The van der Waals surface area contributed by atoms with Crippen LogP contribution in [0.4, 0.5) is 4.79 Å². The molecule has 8 heteroatoms. The first-order chi connectivity index (χ1) is 10.1. The highest BCUT2D eigenvalue weighted by Crippen LogP contribution is 2.18. The minimum absolute atomic E-state index is 0.0105. The molecule has 2 aliphatic rings. The van der Waals surface area contributed by atoms with Gasteiger partial charge in [0, 0.05) is 25.4 Å².